The van der Waals surface area contributed by atoms with Gasteiger partial charge in [0.25, 0.3) is 0 Å². The number of benzene rings is 1. The van der Waals surface area contributed by atoms with Crippen molar-refractivity contribution in [3.05, 3.63) is 54.9 Å². The minimum atomic E-state index is 0.221. The van der Waals surface area contributed by atoms with Crippen LogP contribution in [-0.2, 0) is 0 Å². The van der Waals surface area contributed by atoms with Crippen molar-refractivity contribution in [2.75, 3.05) is 10.6 Å². The molecule has 3 rings (SSSR count). The first-order valence-electron chi connectivity index (χ1n) is 7.72. The van der Waals surface area contributed by atoms with Gasteiger partial charge in [-0.1, -0.05) is 0 Å². The van der Waals surface area contributed by atoms with Gasteiger partial charge in [0, 0.05) is 35.8 Å². The normalized spacial score (nSPS) is 10.6. The van der Waals surface area contributed by atoms with E-state index >= 15 is 0 Å². The monoisotopic (exact) mass is 321 g/mol. The van der Waals surface area contributed by atoms with Gasteiger partial charge in [-0.15, -0.1) is 0 Å². The fourth-order valence-electron chi connectivity index (χ4n) is 2.20. The number of pyridine rings is 1. The number of nitrogens with one attached hydrogen (secondary N) is 2. The lowest BCUT2D eigenvalue weighted by molar-refractivity contribution is 0.475. The second-order valence-electron chi connectivity index (χ2n) is 5.67. The Balaban J connectivity index is 1.96. The quantitative estimate of drug-likeness (QED) is 0.620. The van der Waals surface area contributed by atoms with Gasteiger partial charge in [-0.3, -0.25) is 4.98 Å². The second kappa shape index (κ2) is 6.95. The van der Waals surface area contributed by atoms with E-state index in [0.29, 0.717) is 11.8 Å². The number of aromatic hydroxyl groups is 1. The highest BCUT2D eigenvalue weighted by Crippen LogP contribution is 2.24. The van der Waals surface area contributed by atoms with Crippen LogP contribution < -0.4 is 10.6 Å². The zero-order valence-corrected chi connectivity index (χ0v) is 13.6. The first-order chi connectivity index (χ1) is 11.6. The van der Waals surface area contributed by atoms with E-state index < -0.39 is 0 Å². The molecule has 0 saturated heterocycles. The lowest BCUT2D eigenvalue weighted by Gasteiger charge is -2.13. The van der Waals surface area contributed by atoms with Crippen molar-refractivity contribution in [1.82, 2.24) is 15.0 Å². The predicted molar refractivity (Wildman–Crippen MR) is 95.4 cm³/mol. The van der Waals surface area contributed by atoms with Crippen molar-refractivity contribution in [3.8, 4) is 17.0 Å². The third-order valence-electron chi connectivity index (χ3n) is 3.26. The topological polar surface area (TPSA) is 83.0 Å². The van der Waals surface area contributed by atoms with Crippen LogP contribution in [0.3, 0.4) is 0 Å². The van der Waals surface area contributed by atoms with E-state index in [-0.39, 0.29) is 11.8 Å². The Morgan fingerprint density at radius 1 is 0.958 bits per heavy atom. The SMILES string of the molecule is CC(C)Nc1nc(Nc2ccc(O)cc2)cc(-c2ccncc2)n1. The Hall–Kier alpha value is -3.15. The first-order valence-corrected chi connectivity index (χ1v) is 7.72. The molecular formula is C18H19N5O. The summed E-state index contributed by atoms with van der Waals surface area (Å²) in [5, 5.41) is 15.9. The lowest BCUT2D eigenvalue weighted by atomic mass is 10.2. The smallest absolute Gasteiger partial charge is 0.225 e. The van der Waals surface area contributed by atoms with Gasteiger partial charge in [0.15, 0.2) is 0 Å². The molecule has 122 valence electrons. The number of nitrogens with zero attached hydrogens (tertiary/aromatic N) is 3. The van der Waals surface area contributed by atoms with Crippen molar-refractivity contribution >= 4 is 17.5 Å². The maximum absolute atomic E-state index is 9.39. The second-order valence-corrected chi connectivity index (χ2v) is 5.67. The third-order valence-corrected chi connectivity index (χ3v) is 3.26. The van der Waals surface area contributed by atoms with Crippen LogP contribution in [0.25, 0.3) is 11.3 Å². The van der Waals surface area contributed by atoms with Crippen molar-refractivity contribution in [2.24, 2.45) is 0 Å². The molecule has 24 heavy (non-hydrogen) atoms. The summed E-state index contributed by atoms with van der Waals surface area (Å²) in [6, 6.07) is 12.8. The molecule has 0 aliphatic carbocycles. The van der Waals surface area contributed by atoms with Gasteiger partial charge in [0.1, 0.15) is 11.6 Å². The fraction of sp³-hybridized carbons (Fsp3) is 0.167. The minimum Gasteiger partial charge on any atom is -0.508 e. The lowest BCUT2D eigenvalue weighted by Crippen LogP contribution is -2.13. The van der Waals surface area contributed by atoms with Crippen LogP contribution in [0.1, 0.15) is 13.8 Å². The molecule has 6 nitrogen and oxygen atoms in total. The highest BCUT2D eigenvalue weighted by molar-refractivity contribution is 5.67. The Morgan fingerprint density at radius 2 is 1.67 bits per heavy atom. The highest BCUT2D eigenvalue weighted by Gasteiger charge is 2.08. The van der Waals surface area contributed by atoms with Crippen LogP contribution in [-0.4, -0.2) is 26.1 Å². The van der Waals surface area contributed by atoms with Gasteiger partial charge in [-0.25, -0.2) is 4.98 Å². The number of anilines is 3. The average molecular weight is 321 g/mol. The predicted octanol–water partition coefficient (Wildman–Crippen LogP) is 3.81. The molecule has 3 aromatic rings. The van der Waals surface area contributed by atoms with Gasteiger partial charge in [0.2, 0.25) is 5.95 Å². The average Bonchev–Trinajstić information content (AvgIpc) is 2.57. The van der Waals surface area contributed by atoms with E-state index in [9.17, 15) is 5.11 Å². The molecule has 0 aliphatic heterocycles. The molecule has 0 aliphatic rings. The summed E-state index contributed by atoms with van der Waals surface area (Å²) in [5.41, 5.74) is 2.60. The molecule has 0 saturated carbocycles. The summed E-state index contributed by atoms with van der Waals surface area (Å²) < 4.78 is 0. The molecule has 0 atom stereocenters. The number of aromatic nitrogens is 3. The molecule has 0 fully saturated rings. The van der Waals surface area contributed by atoms with Gasteiger partial charge in [-0.05, 0) is 50.2 Å². The van der Waals surface area contributed by atoms with Crippen molar-refractivity contribution in [3.63, 3.8) is 0 Å². The van der Waals surface area contributed by atoms with Gasteiger partial charge >= 0.3 is 0 Å². The summed E-state index contributed by atoms with van der Waals surface area (Å²) >= 11 is 0. The molecule has 1 aromatic carbocycles. The zero-order chi connectivity index (χ0) is 16.9. The maximum Gasteiger partial charge on any atom is 0.225 e. The van der Waals surface area contributed by atoms with E-state index in [0.717, 1.165) is 16.9 Å². The number of phenolic OH excluding ortho intramolecular Hbond substituents is 1. The van der Waals surface area contributed by atoms with E-state index in [4.69, 9.17) is 0 Å². The molecular weight excluding hydrogens is 302 g/mol. The van der Waals surface area contributed by atoms with Crippen LogP contribution in [0.4, 0.5) is 17.5 Å². The largest absolute Gasteiger partial charge is 0.508 e. The Bertz CT molecular complexity index is 803. The zero-order valence-electron chi connectivity index (χ0n) is 13.6. The Morgan fingerprint density at radius 3 is 2.33 bits per heavy atom. The van der Waals surface area contributed by atoms with E-state index in [2.05, 4.69) is 25.6 Å². The Kier molecular flexibility index (Phi) is 4.56. The standard InChI is InChI=1S/C18H19N5O/c1-12(2)20-18-22-16(13-7-9-19-10-8-13)11-17(23-18)21-14-3-5-15(24)6-4-14/h3-12,24H,1-2H3,(H2,20,21,22,23). The number of hydrogen-bond donors (Lipinski definition) is 3. The summed E-state index contributed by atoms with van der Waals surface area (Å²) in [6.07, 6.45) is 3.47. The summed E-state index contributed by atoms with van der Waals surface area (Å²) in [6.45, 7) is 4.07. The maximum atomic E-state index is 9.39. The molecule has 3 N–H and O–H groups in total. The molecule has 0 radical (unpaired) electrons. The molecule has 0 spiro atoms. The van der Waals surface area contributed by atoms with E-state index in [1.807, 2.05) is 32.0 Å². The number of hydrogen-bond acceptors (Lipinski definition) is 6. The van der Waals surface area contributed by atoms with Gasteiger partial charge < -0.3 is 15.7 Å². The molecule has 6 heteroatoms. The summed E-state index contributed by atoms with van der Waals surface area (Å²) in [5.74, 6) is 1.45. The van der Waals surface area contributed by atoms with E-state index in [1.54, 1.807) is 36.7 Å². The van der Waals surface area contributed by atoms with Crippen LogP contribution >= 0.6 is 0 Å². The molecule has 2 heterocycles. The van der Waals surface area contributed by atoms with Crippen LogP contribution in [0.15, 0.2) is 54.9 Å². The molecule has 0 amide bonds. The summed E-state index contributed by atoms with van der Waals surface area (Å²) in [7, 11) is 0. The number of rotatable bonds is 5. The first kappa shape index (κ1) is 15.7. The molecule has 2 aromatic heterocycles. The van der Waals surface area contributed by atoms with Crippen LogP contribution in [0, 0.1) is 0 Å². The molecule has 0 unspecified atom stereocenters. The van der Waals surface area contributed by atoms with E-state index in [1.165, 1.54) is 0 Å². The van der Waals surface area contributed by atoms with Crippen molar-refractivity contribution in [2.45, 2.75) is 19.9 Å². The summed E-state index contributed by atoms with van der Waals surface area (Å²) in [4.78, 5) is 13.1. The fourth-order valence-corrected chi connectivity index (χ4v) is 2.20. The van der Waals surface area contributed by atoms with Crippen molar-refractivity contribution < 1.29 is 5.11 Å². The highest BCUT2D eigenvalue weighted by atomic mass is 16.3. The van der Waals surface area contributed by atoms with Crippen LogP contribution in [0.2, 0.25) is 0 Å². The van der Waals surface area contributed by atoms with Gasteiger partial charge in [0.05, 0.1) is 5.69 Å². The minimum absolute atomic E-state index is 0.221. The Labute approximate surface area is 140 Å². The van der Waals surface area contributed by atoms with Gasteiger partial charge in [-0.2, -0.15) is 4.98 Å². The van der Waals surface area contributed by atoms with Crippen LogP contribution in [0.5, 0.6) is 5.75 Å². The van der Waals surface area contributed by atoms with Crippen molar-refractivity contribution in [1.29, 1.82) is 0 Å². The number of phenols is 1. The molecule has 0 bridgehead atoms. The third kappa shape index (κ3) is 3.98.